The number of hydrogen-bond acceptors (Lipinski definition) is 6. The predicted molar refractivity (Wildman–Crippen MR) is 143 cm³/mol. The molecule has 6 rings (SSSR count). The van der Waals surface area contributed by atoms with Crippen molar-refractivity contribution in [2.45, 2.75) is 40.5 Å². The highest BCUT2D eigenvalue weighted by Crippen LogP contribution is 2.43. The van der Waals surface area contributed by atoms with Crippen LogP contribution in [0.25, 0.3) is 55.2 Å². The number of aromatic nitrogens is 5. The molecule has 36 heavy (non-hydrogen) atoms. The maximum atomic E-state index is 6.75. The zero-order valence-corrected chi connectivity index (χ0v) is 21.2. The summed E-state index contributed by atoms with van der Waals surface area (Å²) in [5.74, 6) is 9.05. The second-order valence-electron chi connectivity index (χ2n) is 9.59. The molecular formula is C28H28N6O2. The van der Waals surface area contributed by atoms with Gasteiger partial charge >= 0.3 is 0 Å². The van der Waals surface area contributed by atoms with Gasteiger partial charge in [-0.05, 0) is 39.0 Å². The first-order valence-electron chi connectivity index (χ1n) is 12.0. The monoisotopic (exact) mass is 480 g/mol. The minimum Gasteiger partial charge on any atom is -0.496 e. The number of hydrogen-bond donors (Lipinski definition) is 2. The number of aryl methyl sites for hydroxylation is 3. The van der Waals surface area contributed by atoms with E-state index in [0.717, 1.165) is 72.5 Å². The standard InChI is InChI=1S/C28H28N6O2/c1-13(2)27-31-26(24-14(3)30-20-10-8-7-9-17(20)24)25-18-12-22(35-6)19(23-15(4)33-36-16(23)5)11-21(18)34(29)28(25)32-27/h7-13,30H,29H2,1-6H3. The van der Waals surface area contributed by atoms with E-state index in [4.69, 9.17) is 25.1 Å². The summed E-state index contributed by atoms with van der Waals surface area (Å²) in [7, 11) is 1.67. The van der Waals surface area contributed by atoms with Crippen LogP contribution in [0.4, 0.5) is 0 Å². The molecule has 0 atom stereocenters. The highest BCUT2D eigenvalue weighted by molar-refractivity contribution is 6.16. The predicted octanol–water partition coefficient (Wildman–Crippen LogP) is 6.16. The van der Waals surface area contributed by atoms with Crippen LogP contribution in [-0.2, 0) is 0 Å². The van der Waals surface area contributed by atoms with E-state index in [0.29, 0.717) is 11.4 Å². The van der Waals surface area contributed by atoms with Crippen molar-refractivity contribution in [2.24, 2.45) is 0 Å². The summed E-state index contributed by atoms with van der Waals surface area (Å²) in [6.45, 7) is 10.1. The van der Waals surface area contributed by atoms with Crippen molar-refractivity contribution in [3.8, 4) is 28.1 Å². The Morgan fingerprint density at radius 1 is 1.03 bits per heavy atom. The van der Waals surface area contributed by atoms with Crippen LogP contribution in [0.15, 0.2) is 40.9 Å². The van der Waals surface area contributed by atoms with Crippen molar-refractivity contribution in [3.63, 3.8) is 0 Å². The highest BCUT2D eigenvalue weighted by atomic mass is 16.5. The Kier molecular flexibility index (Phi) is 4.83. The number of para-hydroxylation sites is 1. The van der Waals surface area contributed by atoms with E-state index in [-0.39, 0.29) is 5.92 Å². The molecule has 4 aromatic heterocycles. The summed E-state index contributed by atoms with van der Waals surface area (Å²) in [6.07, 6.45) is 0. The van der Waals surface area contributed by atoms with E-state index in [1.165, 1.54) is 0 Å². The molecule has 0 aliphatic rings. The third-order valence-electron chi connectivity index (χ3n) is 6.93. The van der Waals surface area contributed by atoms with Gasteiger partial charge in [-0.1, -0.05) is 37.2 Å². The number of nitrogen functional groups attached to an aromatic ring is 1. The van der Waals surface area contributed by atoms with Crippen molar-refractivity contribution in [3.05, 3.63) is 59.4 Å². The number of H-pyrrole nitrogens is 1. The summed E-state index contributed by atoms with van der Waals surface area (Å²) < 4.78 is 13.0. The lowest BCUT2D eigenvalue weighted by Gasteiger charge is -2.11. The van der Waals surface area contributed by atoms with E-state index < -0.39 is 0 Å². The van der Waals surface area contributed by atoms with Crippen LogP contribution in [-0.4, -0.2) is 31.9 Å². The molecular weight excluding hydrogens is 452 g/mol. The molecule has 8 nitrogen and oxygen atoms in total. The fourth-order valence-electron chi connectivity index (χ4n) is 5.22. The summed E-state index contributed by atoms with van der Waals surface area (Å²) in [6, 6.07) is 12.3. The molecule has 0 radical (unpaired) electrons. The molecule has 0 bridgehead atoms. The first-order valence-corrected chi connectivity index (χ1v) is 12.0. The number of fused-ring (bicyclic) bond motifs is 4. The van der Waals surface area contributed by atoms with Crippen molar-refractivity contribution in [2.75, 3.05) is 13.0 Å². The number of rotatable bonds is 4. The third-order valence-corrected chi connectivity index (χ3v) is 6.93. The molecule has 0 saturated heterocycles. The SMILES string of the molecule is COc1cc2c3c(-c4c(C)[nH]c5ccccc45)nc(C(C)C)nc3n(N)c2cc1-c1c(C)noc1C. The first-order chi connectivity index (χ1) is 17.3. The van der Waals surface area contributed by atoms with Crippen LogP contribution < -0.4 is 10.6 Å². The maximum Gasteiger partial charge on any atom is 0.163 e. The van der Waals surface area contributed by atoms with Crippen LogP contribution in [0.5, 0.6) is 5.75 Å². The zero-order chi connectivity index (χ0) is 25.3. The minimum atomic E-state index is 0.129. The van der Waals surface area contributed by atoms with Gasteiger partial charge in [-0.2, -0.15) is 0 Å². The summed E-state index contributed by atoms with van der Waals surface area (Å²) in [5, 5.41) is 7.07. The van der Waals surface area contributed by atoms with E-state index in [2.05, 4.69) is 43.0 Å². The molecule has 0 aliphatic carbocycles. The van der Waals surface area contributed by atoms with Gasteiger partial charge in [0.15, 0.2) is 5.65 Å². The quantitative estimate of drug-likeness (QED) is 0.293. The molecule has 0 aliphatic heterocycles. The van der Waals surface area contributed by atoms with Crippen LogP contribution >= 0.6 is 0 Å². The van der Waals surface area contributed by atoms with Gasteiger partial charge in [-0.25, -0.2) is 14.6 Å². The number of nitrogens with one attached hydrogen (secondary N) is 1. The molecule has 0 amide bonds. The summed E-state index contributed by atoms with van der Waals surface area (Å²) in [5.41, 5.74) is 8.11. The fraction of sp³-hybridized carbons (Fsp3) is 0.250. The van der Waals surface area contributed by atoms with Gasteiger partial charge in [0.1, 0.15) is 17.3 Å². The number of aromatic amines is 1. The normalized spacial score (nSPS) is 12.0. The van der Waals surface area contributed by atoms with Crippen molar-refractivity contribution < 1.29 is 9.26 Å². The smallest absolute Gasteiger partial charge is 0.163 e. The zero-order valence-electron chi connectivity index (χ0n) is 21.2. The van der Waals surface area contributed by atoms with Crippen LogP contribution in [0.2, 0.25) is 0 Å². The molecule has 4 heterocycles. The Bertz CT molecular complexity index is 1780. The lowest BCUT2D eigenvalue weighted by molar-refractivity contribution is 0.393. The first kappa shape index (κ1) is 22.2. The highest BCUT2D eigenvalue weighted by Gasteiger charge is 2.25. The lowest BCUT2D eigenvalue weighted by atomic mass is 9.99. The number of nitrogens with zero attached hydrogens (tertiary/aromatic N) is 4. The van der Waals surface area contributed by atoms with E-state index in [9.17, 15) is 0 Å². The van der Waals surface area contributed by atoms with E-state index in [1.807, 2.05) is 38.1 Å². The van der Waals surface area contributed by atoms with Crippen molar-refractivity contribution in [1.29, 1.82) is 0 Å². The molecule has 0 spiro atoms. The number of ether oxygens (including phenoxy) is 1. The second kappa shape index (κ2) is 7.84. The Morgan fingerprint density at radius 3 is 2.50 bits per heavy atom. The molecule has 0 fully saturated rings. The topological polar surface area (TPSA) is 108 Å². The Balaban J connectivity index is 1.78. The fourth-order valence-corrected chi connectivity index (χ4v) is 5.22. The van der Waals surface area contributed by atoms with Crippen LogP contribution in [0, 0.1) is 20.8 Å². The van der Waals surface area contributed by atoms with Gasteiger partial charge in [-0.15, -0.1) is 0 Å². The summed E-state index contributed by atoms with van der Waals surface area (Å²) >= 11 is 0. The van der Waals surface area contributed by atoms with Gasteiger partial charge in [-0.3, -0.25) is 0 Å². The second-order valence-corrected chi connectivity index (χ2v) is 9.59. The van der Waals surface area contributed by atoms with Crippen LogP contribution in [0.3, 0.4) is 0 Å². The third kappa shape index (κ3) is 3.03. The number of nitrogens with two attached hydrogens (primary N) is 1. The maximum absolute atomic E-state index is 6.75. The number of benzene rings is 2. The van der Waals surface area contributed by atoms with Crippen molar-refractivity contribution in [1.82, 2.24) is 24.8 Å². The van der Waals surface area contributed by atoms with Crippen LogP contribution in [0.1, 0.15) is 42.7 Å². The minimum absolute atomic E-state index is 0.129. The lowest BCUT2D eigenvalue weighted by Crippen LogP contribution is -2.10. The Labute approximate surface area is 208 Å². The van der Waals surface area contributed by atoms with Gasteiger partial charge in [0.25, 0.3) is 0 Å². The molecule has 0 unspecified atom stereocenters. The Morgan fingerprint density at radius 2 is 1.81 bits per heavy atom. The van der Waals surface area contributed by atoms with E-state index >= 15 is 0 Å². The molecule has 0 saturated carbocycles. The van der Waals surface area contributed by atoms with Gasteiger partial charge in [0, 0.05) is 39.0 Å². The molecule has 6 aromatic rings. The molecule has 3 N–H and O–H groups in total. The van der Waals surface area contributed by atoms with Gasteiger partial charge in [0.05, 0.1) is 35.0 Å². The van der Waals surface area contributed by atoms with E-state index in [1.54, 1.807) is 11.8 Å². The van der Waals surface area contributed by atoms with Gasteiger partial charge < -0.3 is 20.1 Å². The molecule has 182 valence electrons. The molecule has 2 aromatic carbocycles. The van der Waals surface area contributed by atoms with Crippen molar-refractivity contribution >= 4 is 32.8 Å². The average molecular weight is 481 g/mol. The molecule has 8 heteroatoms. The average Bonchev–Trinajstić information content (AvgIpc) is 3.47. The summed E-state index contributed by atoms with van der Waals surface area (Å²) in [4.78, 5) is 13.5. The number of methoxy groups -OCH3 is 1. The van der Waals surface area contributed by atoms with Gasteiger partial charge in [0.2, 0.25) is 0 Å². The largest absolute Gasteiger partial charge is 0.496 e. The Hall–Kier alpha value is -4.33.